The van der Waals surface area contributed by atoms with Gasteiger partial charge in [-0.25, -0.2) is 18.7 Å². The summed E-state index contributed by atoms with van der Waals surface area (Å²) in [5, 5.41) is 20.4. The molecule has 1 saturated heterocycles. The summed E-state index contributed by atoms with van der Waals surface area (Å²) < 4.78 is 51.6. The van der Waals surface area contributed by atoms with E-state index in [0.717, 1.165) is 10.9 Å². The van der Waals surface area contributed by atoms with E-state index in [1.807, 2.05) is 0 Å². The molecule has 26 heteroatoms. The molecule has 2 aromatic rings. The maximum absolute atomic E-state index is 11.9. The fourth-order valence-corrected chi connectivity index (χ4v) is 5.73. The first kappa shape index (κ1) is 40.6. The summed E-state index contributed by atoms with van der Waals surface area (Å²) in [4.78, 5) is 57.3. The fraction of sp³-hybridized carbons (Fsp3) is 0.500. The van der Waals surface area contributed by atoms with Gasteiger partial charge in [-0.2, -0.15) is 13.6 Å². The van der Waals surface area contributed by atoms with Gasteiger partial charge in [-0.15, -0.1) is 0 Å². The number of aliphatic hydroxyl groups is 2. The number of anilines is 1. The molecule has 0 bridgehead atoms. The maximum Gasteiger partial charge on any atom is 0.490 e. The van der Waals surface area contributed by atoms with Crippen molar-refractivity contribution in [2.75, 3.05) is 12.3 Å². The summed E-state index contributed by atoms with van der Waals surface area (Å²) >= 11 is 0. The van der Waals surface area contributed by atoms with Crippen LogP contribution in [0.4, 0.5) is 5.95 Å². The van der Waals surface area contributed by atoms with Crippen LogP contribution in [-0.2, 0) is 31.6 Å². The number of rotatable bonds is 8. The van der Waals surface area contributed by atoms with Gasteiger partial charge in [0, 0.05) is 118 Å². The van der Waals surface area contributed by atoms with E-state index >= 15 is 0 Å². The van der Waals surface area contributed by atoms with Crippen molar-refractivity contribution in [2.45, 2.75) is 24.5 Å². The summed E-state index contributed by atoms with van der Waals surface area (Å²) in [5.74, 6) is -0.276. The van der Waals surface area contributed by atoms with E-state index < -0.39 is 60.2 Å². The van der Waals surface area contributed by atoms with Crippen LogP contribution in [0.1, 0.15) is 6.23 Å². The molecule has 0 spiro atoms. The number of aromatic amines is 1. The van der Waals surface area contributed by atoms with Crippen molar-refractivity contribution in [3.8, 4) is 0 Å². The number of phosphoric ester groups is 1. The van der Waals surface area contributed by atoms with E-state index in [1.165, 1.54) is 0 Å². The van der Waals surface area contributed by atoms with Gasteiger partial charge < -0.3 is 40.3 Å². The monoisotopic (exact) mass is 615 g/mol. The third-order valence-electron chi connectivity index (χ3n) is 3.88. The van der Waals surface area contributed by atoms with E-state index in [2.05, 4.69) is 28.1 Å². The first-order chi connectivity index (χ1) is 14.6. The molecule has 3 heterocycles. The largest absolute Gasteiger partial charge is 0.490 e. The number of imidazole rings is 1. The quantitative estimate of drug-likeness (QED) is 0.104. The zero-order valence-corrected chi connectivity index (χ0v) is 30.0. The second-order valence-electron chi connectivity index (χ2n) is 6.21. The fourth-order valence-electron chi connectivity index (χ4n) is 2.70. The van der Waals surface area contributed by atoms with Gasteiger partial charge >= 0.3 is 23.5 Å². The van der Waals surface area contributed by atoms with Crippen molar-refractivity contribution in [1.82, 2.24) is 19.5 Å². The van der Waals surface area contributed by atoms with Crippen molar-refractivity contribution in [3.05, 3.63) is 16.7 Å². The normalized spacial score (nSPS) is 24.8. The van der Waals surface area contributed by atoms with E-state index in [1.54, 1.807) is 0 Å². The molecular weight excluding hydrogens is 599 g/mol. The Kier molecular flexibility index (Phi) is 17.6. The van der Waals surface area contributed by atoms with Gasteiger partial charge in [-0.3, -0.25) is 18.9 Å². The van der Waals surface area contributed by atoms with Crippen LogP contribution in [0.2, 0.25) is 0 Å². The molecule has 0 saturated carbocycles. The van der Waals surface area contributed by atoms with Crippen LogP contribution in [-0.4, -0.2) is 192 Å². The average Bonchev–Trinajstić information content (AvgIpc) is 3.12. The zero-order valence-electron chi connectivity index (χ0n) is 19.3. The van der Waals surface area contributed by atoms with Crippen LogP contribution in [0, 0.1) is 0 Å². The van der Waals surface area contributed by atoms with E-state index in [4.69, 9.17) is 25.2 Å². The number of H-pyrrole nitrogens is 1. The standard InChI is InChI=1S/C10H16N5O14P3.4Na/c11-10-13-7-4(8(18)14-10)12-2-15(7)9-6(17)5(16)3(27-9)1-26-31(22,23)29-32(24,25)28-30(19,20)21;;;;/h2-3,5-6,9,16-17H,1H2,(H,22,23)(H,24,25)(H2,19,20,21)(H3,11,13,14,18);;;;/t3-,5-,6-,9-;;;;/m1..../s1. The second kappa shape index (κ2) is 15.6. The van der Waals surface area contributed by atoms with Crippen LogP contribution >= 0.6 is 23.5 Å². The first-order valence-electron chi connectivity index (χ1n) is 8.11. The van der Waals surface area contributed by atoms with Crippen LogP contribution < -0.4 is 11.3 Å². The van der Waals surface area contributed by atoms with Crippen LogP contribution in [0.15, 0.2) is 11.1 Å². The number of aliphatic hydroxyl groups excluding tert-OH is 2. The molecule has 1 aliphatic heterocycles. The molecule has 19 nitrogen and oxygen atoms in total. The van der Waals surface area contributed by atoms with Crippen LogP contribution in [0.25, 0.3) is 11.2 Å². The molecule has 1 fully saturated rings. The molecule has 0 aromatic carbocycles. The minimum absolute atomic E-state index is 0. The molecule has 4 radical (unpaired) electrons. The predicted molar refractivity (Wildman–Crippen MR) is 121 cm³/mol. The van der Waals surface area contributed by atoms with Crippen molar-refractivity contribution in [3.63, 3.8) is 0 Å². The van der Waals surface area contributed by atoms with Gasteiger partial charge in [0.2, 0.25) is 5.95 Å². The smallest absolute Gasteiger partial charge is 0.387 e. The molecule has 1 aliphatic rings. The number of phosphoric acid groups is 3. The van der Waals surface area contributed by atoms with Gasteiger partial charge in [0.05, 0.1) is 12.9 Å². The molecule has 9 N–H and O–H groups in total. The van der Waals surface area contributed by atoms with E-state index in [9.17, 15) is 33.6 Å². The summed E-state index contributed by atoms with van der Waals surface area (Å²) in [7, 11) is -16.8. The molecule has 0 amide bonds. The Balaban J connectivity index is 0. The molecule has 2 unspecified atom stereocenters. The summed E-state index contributed by atoms with van der Waals surface area (Å²) in [5.41, 5.74) is 4.50. The molecule has 0 aliphatic carbocycles. The number of nitrogens with zero attached hydrogens (tertiary/aromatic N) is 3. The number of ether oxygens (including phenoxy) is 1. The zero-order chi connectivity index (χ0) is 24.1. The summed E-state index contributed by atoms with van der Waals surface area (Å²) in [6.07, 6.45) is -5.33. The van der Waals surface area contributed by atoms with Gasteiger partial charge in [0.1, 0.15) is 18.3 Å². The van der Waals surface area contributed by atoms with Crippen LogP contribution in [0.3, 0.4) is 0 Å². The molecule has 6 atom stereocenters. The number of nitrogen functional groups attached to an aromatic ring is 1. The minimum Gasteiger partial charge on any atom is -0.387 e. The number of hydrogen-bond acceptors (Lipinski definition) is 13. The Labute approximate surface area is 289 Å². The maximum atomic E-state index is 11.9. The first-order valence-corrected chi connectivity index (χ1v) is 12.6. The third kappa shape index (κ3) is 10.7. The Morgan fingerprint density at radius 2 is 1.61 bits per heavy atom. The SMILES string of the molecule is Nc1nc2c(ncn2[C@@H]2O[C@H](COP(=O)(O)OP(=O)(O)OP(=O)(O)O)[C@@H](O)[C@H]2O)c(=O)[nH]1.[Na].[Na].[Na].[Na]. The van der Waals surface area contributed by atoms with Gasteiger partial charge in [-0.1, -0.05) is 0 Å². The number of fused-ring (bicyclic) bond motifs is 1. The summed E-state index contributed by atoms with van der Waals surface area (Å²) in [6.45, 7) is -1.01. The summed E-state index contributed by atoms with van der Waals surface area (Å²) in [6, 6.07) is 0. The van der Waals surface area contributed by atoms with Crippen molar-refractivity contribution in [2.24, 2.45) is 0 Å². The molecule has 36 heavy (non-hydrogen) atoms. The topological polar surface area (TPSA) is 299 Å². The van der Waals surface area contributed by atoms with Crippen LogP contribution in [0.5, 0.6) is 0 Å². The van der Waals surface area contributed by atoms with Gasteiger partial charge in [-0.05, 0) is 0 Å². The molecule has 184 valence electrons. The molecule has 3 rings (SSSR count). The Morgan fingerprint density at radius 1 is 1.03 bits per heavy atom. The Bertz CT molecular complexity index is 1230. The number of nitrogens with one attached hydrogen (secondary N) is 1. The third-order valence-corrected chi connectivity index (χ3v) is 7.68. The average molecular weight is 615 g/mol. The van der Waals surface area contributed by atoms with E-state index in [-0.39, 0.29) is 135 Å². The molecule has 2 aromatic heterocycles. The van der Waals surface area contributed by atoms with Crippen molar-refractivity contribution in [1.29, 1.82) is 0 Å². The van der Waals surface area contributed by atoms with Crippen molar-refractivity contribution < 1.29 is 61.4 Å². The van der Waals surface area contributed by atoms with Gasteiger partial charge in [0.15, 0.2) is 17.4 Å². The van der Waals surface area contributed by atoms with Crippen molar-refractivity contribution >= 4 is 159 Å². The predicted octanol–water partition coefficient (Wildman–Crippen LogP) is -3.86. The number of aromatic nitrogens is 4. The minimum atomic E-state index is -5.73. The van der Waals surface area contributed by atoms with Gasteiger partial charge in [0.25, 0.3) is 5.56 Å². The Hall–Kier alpha value is 2.44. The second-order valence-corrected chi connectivity index (χ2v) is 10.6. The Morgan fingerprint density at radius 3 is 2.17 bits per heavy atom. The number of hydrogen-bond donors (Lipinski definition) is 8. The molecular formula is C10H16N5Na4O14P3. The number of nitrogens with two attached hydrogens (primary N) is 1. The van der Waals surface area contributed by atoms with E-state index in [0.29, 0.717) is 0 Å².